The van der Waals surface area contributed by atoms with Crippen LogP contribution in [0.15, 0.2) is 23.4 Å². The van der Waals surface area contributed by atoms with Gasteiger partial charge in [0.1, 0.15) is 0 Å². The second-order valence-electron chi connectivity index (χ2n) is 5.88. The molecule has 0 amide bonds. The van der Waals surface area contributed by atoms with Gasteiger partial charge in [0.15, 0.2) is 17.4 Å². The van der Waals surface area contributed by atoms with Gasteiger partial charge in [-0.05, 0) is 55.2 Å². The maximum atomic E-state index is 13.9. The molecule has 0 heterocycles. The molecule has 0 saturated heterocycles. The summed E-state index contributed by atoms with van der Waals surface area (Å²) in [7, 11) is 0. The Kier molecular flexibility index (Phi) is 3.51. The number of nitrogens with zero attached hydrogens (tertiary/aromatic N) is 1. The van der Waals surface area contributed by atoms with Crippen molar-refractivity contribution < 1.29 is 14.3 Å². The summed E-state index contributed by atoms with van der Waals surface area (Å²) in [6.45, 7) is 0.584. The molecule has 1 aromatic rings. The zero-order chi connectivity index (χ0) is 14.1. The van der Waals surface area contributed by atoms with Gasteiger partial charge in [0, 0.05) is 5.56 Å². The van der Waals surface area contributed by atoms with Gasteiger partial charge in [0.25, 0.3) is 0 Å². The van der Waals surface area contributed by atoms with Crippen molar-refractivity contribution in [2.45, 2.75) is 25.7 Å². The van der Waals surface area contributed by atoms with Gasteiger partial charge in [-0.2, -0.15) is 0 Å². The van der Waals surface area contributed by atoms with Crippen LogP contribution in [0.5, 0.6) is 5.75 Å². The van der Waals surface area contributed by atoms with Crippen LogP contribution in [-0.4, -0.2) is 17.6 Å². The molecule has 108 valence electrons. The van der Waals surface area contributed by atoms with E-state index in [4.69, 9.17) is 15.7 Å². The molecular formula is C15H19FN2O2. The summed E-state index contributed by atoms with van der Waals surface area (Å²) in [5.74, 6) is 1.85. The molecule has 3 N–H and O–H groups in total. The normalized spacial score (nSPS) is 28.9. The highest BCUT2D eigenvalue weighted by molar-refractivity contribution is 5.97. The molecule has 0 aliphatic heterocycles. The Bertz CT molecular complexity index is 533. The summed E-state index contributed by atoms with van der Waals surface area (Å²) in [4.78, 5) is 0. The SMILES string of the molecule is N/C(=N/O)c1ccc(OCC2CC3CCC2C3)c(F)c1. The molecule has 5 heteroatoms. The van der Waals surface area contributed by atoms with Crippen LogP contribution in [0.25, 0.3) is 0 Å². The Morgan fingerprint density at radius 1 is 1.40 bits per heavy atom. The third-order valence-corrected chi connectivity index (χ3v) is 4.67. The smallest absolute Gasteiger partial charge is 0.170 e. The quantitative estimate of drug-likeness (QED) is 0.385. The summed E-state index contributed by atoms with van der Waals surface area (Å²) < 4.78 is 19.5. The van der Waals surface area contributed by atoms with E-state index >= 15 is 0 Å². The van der Waals surface area contributed by atoms with Crippen molar-refractivity contribution in [2.75, 3.05) is 6.61 Å². The number of oxime groups is 1. The van der Waals surface area contributed by atoms with Crippen molar-refractivity contribution in [1.82, 2.24) is 0 Å². The molecule has 3 unspecified atom stereocenters. The van der Waals surface area contributed by atoms with Gasteiger partial charge in [0.2, 0.25) is 0 Å². The average Bonchev–Trinajstić information content (AvgIpc) is 3.07. The predicted molar refractivity (Wildman–Crippen MR) is 73.3 cm³/mol. The lowest BCUT2D eigenvalue weighted by molar-refractivity contribution is 0.189. The Hall–Kier alpha value is -1.78. The highest BCUT2D eigenvalue weighted by Crippen LogP contribution is 2.48. The van der Waals surface area contributed by atoms with Crippen LogP contribution >= 0.6 is 0 Å². The largest absolute Gasteiger partial charge is 0.490 e. The molecule has 3 atom stereocenters. The standard InChI is InChI=1S/C15H19FN2O2/c16-13-7-11(15(17)18-19)3-4-14(13)20-8-12-6-9-1-2-10(12)5-9/h3-4,7,9-10,12,19H,1-2,5-6,8H2,(H2,17,18). The number of rotatable bonds is 4. The first-order chi connectivity index (χ1) is 9.67. The van der Waals surface area contributed by atoms with Crippen LogP contribution in [-0.2, 0) is 0 Å². The third-order valence-electron chi connectivity index (χ3n) is 4.67. The number of ether oxygens (including phenoxy) is 1. The van der Waals surface area contributed by atoms with Crippen molar-refractivity contribution in [3.63, 3.8) is 0 Å². The lowest BCUT2D eigenvalue weighted by atomic mass is 9.89. The summed E-state index contributed by atoms with van der Waals surface area (Å²) >= 11 is 0. The number of amidine groups is 1. The molecule has 2 aliphatic rings. The van der Waals surface area contributed by atoms with Gasteiger partial charge < -0.3 is 15.7 Å². The minimum absolute atomic E-state index is 0.108. The zero-order valence-electron chi connectivity index (χ0n) is 11.3. The summed E-state index contributed by atoms with van der Waals surface area (Å²) in [5, 5.41) is 11.4. The molecule has 0 radical (unpaired) electrons. The maximum Gasteiger partial charge on any atom is 0.170 e. The van der Waals surface area contributed by atoms with Crippen LogP contribution in [0, 0.1) is 23.6 Å². The Balaban J connectivity index is 1.63. The van der Waals surface area contributed by atoms with Gasteiger partial charge in [-0.3, -0.25) is 0 Å². The van der Waals surface area contributed by atoms with Crippen molar-refractivity contribution >= 4 is 5.84 Å². The average molecular weight is 278 g/mol. The fourth-order valence-electron chi connectivity index (χ4n) is 3.61. The van der Waals surface area contributed by atoms with Crippen LogP contribution < -0.4 is 10.5 Å². The first-order valence-electron chi connectivity index (χ1n) is 7.07. The fraction of sp³-hybridized carbons (Fsp3) is 0.533. The minimum Gasteiger partial charge on any atom is -0.490 e. The molecule has 3 rings (SSSR count). The van der Waals surface area contributed by atoms with Crippen molar-refractivity contribution in [1.29, 1.82) is 0 Å². The van der Waals surface area contributed by atoms with E-state index in [0.29, 0.717) is 18.1 Å². The van der Waals surface area contributed by atoms with Crippen molar-refractivity contribution in [2.24, 2.45) is 28.6 Å². The maximum absolute atomic E-state index is 13.9. The second kappa shape index (κ2) is 5.31. The van der Waals surface area contributed by atoms with Crippen molar-refractivity contribution in [3.8, 4) is 5.75 Å². The second-order valence-corrected chi connectivity index (χ2v) is 5.88. The van der Waals surface area contributed by atoms with Gasteiger partial charge in [0.05, 0.1) is 6.61 Å². The van der Waals surface area contributed by atoms with E-state index in [1.54, 1.807) is 6.07 Å². The van der Waals surface area contributed by atoms with E-state index in [9.17, 15) is 4.39 Å². The topological polar surface area (TPSA) is 67.8 Å². The molecule has 2 saturated carbocycles. The number of nitrogens with two attached hydrogens (primary N) is 1. The van der Waals surface area contributed by atoms with Crippen LogP contribution in [0.3, 0.4) is 0 Å². The molecule has 4 nitrogen and oxygen atoms in total. The van der Waals surface area contributed by atoms with E-state index < -0.39 is 5.82 Å². The van der Waals surface area contributed by atoms with E-state index in [0.717, 1.165) is 11.8 Å². The first kappa shape index (κ1) is 13.2. The molecule has 2 bridgehead atoms. The monoisotopic (exact) mass is 278 g/mol. The van der Waals surface area contributed by atoms with E-state index in [-0.39, 0.29) is 11.6 Å². The highest BCUT2D eigenvalue weighted by Gasteiger charge is 2.39. The molecule has 2 aliphatic carbocycles. The summed E-state index contributed by atoms with van der Waals surface area (Å²) in [6.07, 6.45) is 5.18. The molecule has 0 aromatic heterocycles. The van der Waals surface area contributed by atoms with Crippen LogP contribution in [0.4, 0.5) is 4.39 Å². The number of halogens is 1. The molecule has 1 aromatic carbocycles. The number of hydrogen-bond acceptors (Lipinski definition) is 3. The zero-order valence-corrected chi connectivity index (χ0v) is 11.3. The van der Waals surface area contributed by atoms with E-state index in [2.05, 4.69) is 5.16 Å². The summed E-state index contributed by atoms with van der Waals surface area (Å²) in [5.41, 5.74) is 5.77. The predicted octanol–water partition coefficient (Wildman–Crippen LogP) is 2.74. The third kappa shape index (κ3) is 2.44. The van der Waals surface area contributed by atoms with Crippen LogP contribution in [0.2, 0.25) is 0 Å². The lowest BCUT2D eigenvalue weighted by Gasteiger charge is -2.21. The first-order valence-corrected chi connectivity index (χ1v) is 7.07. The van der Waals surface area contributed by atoms with Crippen LogP contribution in [0.1, 0.15) is 31.2 Å². The van der Waals surface area contributed by atoms with Crippen molar-refractivity contribution in [3.05, 3.63) is 29.6 Å². The van der Waals surface area contributed by atoms with Gasteiger partial charge in [-0.25, -0.2) is 4.39 Å². The Morgan fingerprint density at radius 2 is 2.25 bits per heavy atom. The van der Waals surface area contributed by atoms with Gasteiger partial charge in [-0.15, -0.1) is 0 Å². The Morgan fingerprint density at radius 3 is 2.85 bits per heavy atom. The highest BCUT2D eigenvalue weighted by atomic mass is 19.1. The number of fused-ring (bicyclic) bond motifs is 2. The summed E-state index contributed by atoms with van der Waals surface area (Å²) in [6, 6.07) is 4.36. The molecule has 2 fully saturated rings. The van der Waals surface area contributed by atoms with E-state index in [1.807, 2.05) is 0 Å². The van der Waals surface area contributed by atoms with Gasteiger partial charge in [-0.1, -0.05) is 11.6 Å². The fourth-order valence-corrected chi connectivity index (χ4v) is 3.61. The minimum atomic E-state index is -0.475. The molecule has 0 spiro atoms. The van der Waals surface area contributed by atoms with E-state index in [1.165, 1.54) is 37.8 Å². The number of hydrogen-bond donors (Lipinski definition) is 2. The van der Waals surface area contributed by atoms with Gasteiger partial charge >= 0.3 is 0 Å². The Labute approximate surface area is 117 Å². The molecule has 20 heavy (non-hydrogen) atoms. The number of benzene rings is 1. The molecular weight excluding hydrogens is 259 g/mol. The lowest BCUT2D eigenvalue weighted by Crippen LogP contribution is -2.19.